The van der Waals surface area contributed by atoms with Crippen molar-refractivity contribution in [2.45, 2.75) is 26.2 Å². The monoisotopic (exact) mass is 232 g/mol. The lowest BCUT2D eigenvalue weighted by Gasteiger charge is -2.12. The second kappa shape index (κ2) is 3.80. The van der Waals surface area contributed by atoms with E-state index in [0.717, 1.165) is 5.56 Å². The molecule has 1 heterocycles. The Hall–Kier alpha value is -1.97. The molecule has 0 bridgehead atoms. The van der Waals surface area contributed by atoms with E-state index in [9.17, 15) is 10.4 Å². The van der Waals surface area contributed by atoms with Crippen LogP contribution in [0.25, 0.3) is 11.3 Å². The molecule has 0 radical (unpaired) electrons. The average Bonchev–Trinajstić information content (AvgIpc) is 2.57. The van der Waals surface area contributed by atoms with E-state index < -0.39 is 0 Å². The first-order valence-electron chi connectivity index (χ1n) is 5.52. The van der Waals surface area contributed by atoms with Crippen molar-refractivity contribution in [2.75, 3.05) is 0 Å². The summed E-state index contributed by atoms with van der Waals surface area (Å²) in [5, 5.41) is 21.6. The van der Waals surface area contributed by atoms with Crippen LogP contribution in [-0.4, -0.2) is 10.1 Å². The highest BCUT2D eigenvalue weighted by atomic mass is 16.6. The smallest absolute Gasteiger partial charge is 0.230 e. The lowest BCUT2D eigenvalue weighted by Crippen LogP contribution is -2.43. The molecule has 4 heteroatoms. The fraction of sp³-hybridized carbons (Fsp3) is 0.308. The van der Waals surface area contributed by atoms with Gasteiger partial charge in [-0.1, -0.05) is 51.1 Å². The second-order valence-electron chi connectivity index (χ2n) is 5.09. The molecule has 1 aromatic heterocycles. The van der Waals surface area contributed by atoms with Gasteiger partial charge in [0, 0.05) is 16.5 Å². The summed E-state index contributed by atoms with van der Waals surface area (Å²) in [6, 6.07) is 11.1. The van der Waals surface area contributed by atoms with E-state index in [-0.39, 0.29) is 5.41 Å². The molecule has 0 aliphatic rings. The van der Waals surface area contributed by atoms with Crippen LogP contribution in [0.4, 0.5) is 0 Å². The maximum atomic E-state index is 11.8. The minimum Gasteiger partial charge on any atom is -0.593 e. The fourth-order valence-electron chi connectivity index (χ4n) is 1.75. The molecule has 1 N–H and O–H groups in total. The van der Waals surface area contributed by atoms with Gasteiger partial charge < -0.3 is 10.4 Å². The maximum absolute atomic E-state index is 11.8. The summed E-state index contributed by atoms with van der Waals surface area (Å²) in [6.07, 6.45) is 0. The summed E-state index contributed by atoms with van der Waals surface area (Å²) in [5.41, 5.74) is 1.55. The maximum Gasteiger partial charge on any atom is 0.230 e. The Morgan fingerprint density at radius 3 is 2.24 bits per heavy atom. The van der Waals surface area contributed by atoms with Gasteiger partial charge in [-0.05, 0) is 4.85 Å². The SMILES string of the molecule is CC(C)(C)c1cc(-c2ccccc2)n(O)[n+]1[O-]. The Labute approximate surface area is 100 Å². The number of hydrogen-bond acceptors (Lipinski definition) is 2. The summed E-state index contributed by atoms with van der Waals surface area (Å²) >= 11 is 0. The van der Waals surface area contributed by atoms with Gasteiger partial charge in [-0.3, -0.25) is 0 Å². The van der Waals surface area contributed by atoms with E-state index in [1.54, 1.807) is 6.07 Å². The minimum atomic E-state index is -0.306. The van der Waals surface area contributed by atoms with Crippen LogP contribution in [0.5, 0.6) is 0 Å². The van der Waals surface area contributed by atoms with E-state index in [1.165, 1.54) is 0 Å². The van der Waals surface area contributed by atoms with Gasteiger partial charge in [0.15, 0.2) is 5.69 Å². The molecule has 0 amide bonds. The molecule has 17 heavy (non-hydrogen) atoms. The first-order valence-corrected chi connectivity index (χ1v) is 5.52. The largest absolute Gasteiger partial charge is 0.593 e. The van der Waals surface area contributed by atoms with Gasteiger partial charge in [0.05, 0.1) is 5.41 Å². The molecule has 4 nitrogen and oxygen atoms in total. The number of rotatable bonds is 1. The molecule has 90 valence electrons. The quantitative estimate of drug-likeness (QED) is 0.466. The standard InChI is InChI=1S/C13H16N2O2/c1-13(2,3)12-9-11(14(16)15(12)17)10-7-5-4-6-8-10/h4-9,16H,1-3H3. The van der Waals surface area contributed by atoms with Crippen LogP contribution >= 0.6 is 0 Å². The number of benzene rings is 1. The first-order chi connectivity index (χ1) is 7.91. The zero-order chi connectivity index (χ0) is 12.6. The number of aromatic nitrogens is 2. The second-order valence-corrected chi connectivity index (χ2v) is 5.09. The van der Waals surface area contributed by atoms with E-state index in [0.29, 0.717) is 21.1 Å². The van der Waals surface area contributed by atoms with Crippen LogP contribution in [0, 0.1) is 5.21 Å². The third-order valence-corrected chi connectivity index (χ3v) is 2.71. The molecule has 0 atom stereocenters. The third-order valence-electron chi connectivity index (χ3n) is 2.71. The zero-order valence-electron chi connectivity index (χ0n) is 10.2. The molecule has 0 saturated heterocycles. The molecule has 0 aliphatic carbocycles. The summed E-state index contributed by atoms with van der Waals surface area (Å²) in [5.74, 6) is 0. The predicted molar refractivity (Wildman–Crippen MR) is 64.7 cm³/mol. The molecular formula is C13H16N2O2. The van der Waals surface area contributed by atoms with Crippen LogP contribution in [0.1, 0.15) is 26.5 Å². The summed E-state index contributed by atoms with van der Waals surface area (Å²) < 4.78 is 0. The minimum absolute atomic E-state index is 0.306. The van der Waals surface area contributed by atoms with Crippen molar-refractivity contribution in [3.8, 4) is 11.3 Å². The van der Waals surface area contributed by atoms with E-state index in [1.807, 2.05) is 51.1 Å². The van der Waals surface area contributed by atoms with Gasteiger partial charge in [-0.2, -0.15) is 0 Å². The summed E-state index contributed by atoms with van der Waals surface area (Å²) in [6.45, 7) is 5.81. The zero-order valence-corrected chi connectivity index (χ0v) is 10.2. The Morgan fingerprint density at radius 1 is 1.18 bits per heavy atom. The topological polar surface area (TPSA) is 52.1 Å². The Bertz CT molecular complexity index is 524. The summed E-state index contributed by atoms with van der Waals surface area (Å²) in [4.78, 5) is 1.18. The van der Waals surface area contributed by atoms with Crippen molar-refractivity contribution in [1.29, 1.82) is 0 Å². The predicted octanol–water partition coefficient (Wildman–Crippen LogP) is 2.32. The Kier molecular flexibility index (Phi) is 2.58. The molecular weight excluding hydrogens is 216 g/mol. The van der Waals surface area contributed by atoms with Gasteiger partial charge in [-0.15, -0.1) is 0 Å². The third kappa shape index (κ3) is 1.98. The molecule has 2 rings (SSSR count). The lowest BCUT2D eigenvalue weighted by molar-refractivity contribution is -0.733. The fourth-order valence-corrected chi connectivity index (χ4v) is 1.75. The molecule has 0 fully saturated rings. The van der Waals surface area contributed by atoms with Crippen molar-refractivity contribution in [2.24, 2.45) is 0 Å². The van der Waals surface area contributed by atoms with Crippen LogP contribution in [0.15, 0.2) is 36.4 Å². The number of hydrogen-bond donors (Lipinski definition) is 1. The lowest BCUT2D eigenvalue weighted by atomic mass is 9.92. The molecule has 0 saturated carbocycles. The Morgan fingerprint density at radius 2 is 1.76 bits per heavy atom. The molecule has 1 aromatic carbocycles. The van der Waals surface area contributed by atoms with Gasteiger partial charge in [0.25, 0.3) is 0 Å². The highest BCUT2D eigenvalue weighted by Gasteiger charge is 2.29. The molecule has 0 unspecified atom stereocenters. The summed E-state index contributed by atoms with van der Waals surface area (Å²) in [7, 11) is 0. The van der Waals surface area contributed by atoms with Crippen molar-refractivity contribution < 1.29 is 10.1 Å². The highest BCUT2D eigenvalue weighted by molar-refractivity contribution is 5.59. The van der Waals surface area contributed by atoms with Crippen LogP contribution < -0.4 is 4.85 Å². The van der Waals surface area contributed by atoms with Crippen molar-refractivity contribution in [3.63, 3.8) is 0 Å². The van der Waals surface area contributed by atoms with Crippen molar-refractivity contribution in [3.05, 3.63) is 47.3 Å². The molecule has 0 aliphatic heterocycles. The normalized spacial score (nSPS) is 11.7. The van der Waals surface area contributed by atoms with E-state index in [2.05, 4.69) is 0 Å². The van der Waals surface area contributed by atoms with Crippen LogP contribution in [-0.2, 0) is 5.41 Å². The van der Waals surface area contributed by atoms with Crippen LogP contribution in [0.2, 0.25) is 0 Å². The average molecular weight is 232 g/mol. The van der Waals surface area contributed by atoms with Gasteiger partial charge in [0.1, 0.15) is 0 Å². The van der Waals surface area contributed by atoms with Gasteiger partial charge in [0.2, 0.25) is 5.69 Å². The first kappa shape index (κ1) is 11.5. The molecule has 2 aromatic rings. The highest BCUT2D eigenvalue weighted by Crippen LogP contribution is 2.25. The van der Waals surface area contributed by atoms with E-state index >= 15 is 0 Å². The number of nitrogens with zero attached hydrogens (tertiary/aromatic N) is 2. The van der Waals surface area contributed by atoms with Crippen molar-refractivity contribution >= 4 is 0 Å². The van der Waals surface area contributed by atoms with Gasteiger partial charge >= 0.3 is 0 Å². The van der Waals surface area contributed by atoms with Crippen molar-refractivity contribution in [1.82, 2.24) is 4.85 Å². The van der Waals surface area contributed by atoms with E-state index in [4.69, 9.17) is 0 Å². The van der Waals surface area contributed by atoms with Crippen LogP contribution in [0.3, 0.4) is 0 Å². The van der Waals surface area contributed by atoms with Gasteiger partial charge in [-0.25, -0.2) is 0 Å². The molecule has 0 spiro atoms. The Balaban J connectivity index is 2.59.